The summed E-state index contributed by atoms with van der Waals surface area (Å²) in [6.45, 7) is 2.90. The van der Waals surface area contributed by atoms with E-state index in [0.717, 1.165) is 65.3 Å². The number of carbonyl (C=O) groups is 2. The Balaban J connectivity index is 1.16. The standard InChI is InChI=1S/C38H44N8O3/c1-43(2)15-14-40-37(47)25-7-5-6-23(16-25)28-12-10-24-18-31(45(35(24)41-28)20-22-8-9-22)36-42-29-17-27(19-32(49-4)34(29)44(36)3)38(48)46-21-26-11-13-30(46)33(26)39/h5-7,10,12,16-19,22,26,30,33H,8-9,11,13-15,20-21,39H2,1-4H3,(H,40,47)/t26-,30-,33-/m1/s1. The molecule has 11 nitrogen and oxygen atoms in total. The summed E-state index contributed by atoms with van der Waals surface area (Å²) in [6.07, 6.45) is 4.43. The number of benzene rings is 2. The number of methoxy groups -OCH3 is 1. The number of carbonyl (C=O) groups excluding carboxylic acids is 2. The second kappa shape index (κ2) is 12.3. The van der Waals surface area contributed by atoms with E-state index in [4.69, 9.17) is 20.4 Å². The average molecular weight is 661 g/mol. The first-order chi connectivity index (χ1) is 23.7. The Labute approximate surface area is 286 Å². The third kappa shape index (κ3) is 5.64. The largest absolute Gasteiger partial charge is 0.494 e. The number of nitrogens with zero attached hydrogens (tertiary/aromatic N) is 6. The third-order valence-electron chi connectivity index (χ3n) is 10.7. The lowest BCUT2D eigenvalue weighted by molar-refractivity contribution is 0.0700. The zero-order valence-corrected chi connectivity index (χ0v) is 28.6. The second-order valence-corrected chi connectivity index (χ2v) is 14.3. The van der Waals surface area contributed by atoms with Gasteiger partial charge < -0.3 is 34.7 Å². The van der Waals surface area contributed by atoms with Gasteiger partial charge >= 0.3 is 0 Å². The smallest absolute Gasteiger partial charge is 0.254 e. The lowest BCUT2D eigenvalue weighted by atomic mass is 10.1. The number of fused-ring (bicyclic) bond motifs is 4. The number of aryl methyl sites for hydroxylation is 1. The molecule has 254 valence electrons. The molecule has 2 amide bonds. The molecular weight excluding hydrogens is 616 g/mol. The fourth-order valence-electron chi connectivity index (χ4n) is 7.80. The van der Waals surface area contributed by atoms with E-state index in [0.29, 0.717) is 47.3 Å². The van der Waals surface area contributed by atoms with Crippen molar-refractivity contribution in [1.82, 2.24) is 34.2 Å². The van der Waals surface area contributed by atoms with E-state index in [1.807, 2.05) is 73.4 Å². The number of likely N-dealkylation sites (tertiary alicyclic amines) is 1. The van der Waals surface area contributed by atoms with Gasteiger partial charge in [0.25, 0.3) is 11.8 Å². The SMILES string of the molecule is COc1cc(C(=O)N2C[C@H]3CC[C@@H]2[C@@H]3N)cc2nc(-c3cc4ccc(-c5cccc(C(=O)NCCN(C)C)c5)nc4n3CC3CC3)n(C)c12. The molecule has 11 heteroatoms. The number of hydrogen-bond acceptors (Lipinski definition) is 7. The van der Waals surface area contributed by atoms with Crippen molar-refractivity contribution in [2.75, 3.05) is 40.8 Å². The number of nitrogens with two attached hydrogens (primary N) is 1. The molecule has 0 radical (unpaired) electrons. The first-order valence-electron chi connectivity index (χ1n) is 17.3. The van der Waals surface area contributed by atoms with Crippen LogP contribution in [0, 0.1) is 11.8 Å². The number of ether oxygens (including phenoxy) is 1. The van der Waals surface area contributed by atoms with Gasteiger partial charge in [0.2, 0.25) is 0 Å². The third-order valence-corrected chi connectivity index (χ3v) is 10.7. The number of piperidine rings is 1. The van der Waals surface area contributed by atoms with Crippen LogP contribution in [0.4, 0.5) is 0 Å². The lowest BCUT2D eigenvalue weighted by Gasteiger charge is -2.27. The summed E-state index contributed by atoms with van der Waals surface area (Å²) in [5.74, 6) is 2.27. The van der Waals surface area contributed by atoms with E-state index in [-0.39, 0.29) is 23.9 Å². The molecule has 2 bridgehead atoms. The molecule has 0 spiro atoms. The Morgan fingerprint density at radius 1 is 1.02 bits per heavy atom. The van der Waals surface area contributed by atoms with Crippen molar-refractivity contribution in [3.63, 3.8) is 0 Å². The zero-order valence-electron chi connectivity index (χ0n) is 28.6. The number of likely N-dealkylation sites (N-methyl/N-ethyl adjacent to an activating group) is 1. The maximum absolute atomic E-state index is 13.8. The monoisotopic (exact) mass is 660 g/mol. The molecule has 3 atom stereocenters. The number of aromatic nitrogens is 4. The first kappa shape index (κ1) is 31.5. The summed E-state index contributed by atoms with van der Waals surface area (Å²) in [5, 5.41) is 4.02. The van der Waals surface area contributed by atoms with Gasteiger partial charge in [-0.05, 0) is 94.1 Å². The van der Waals surface area contributed by atoms with Crippen molar-refractivity contribution >= 4 is 33.9 Å². The van der Waals surface area contributed by atoms with Crippen LogP contribution in [-0.4, -0.2) is 93.6 Å². The van der Waals surface area contributed by atoms with Crippen LogP contribution in [0.15, 0.2) is 54.6 Å². The van der Waals surface area contributed by atoms with Crippen LogP contribution < -0.4 is 15.8 Å². The fourth-order valence-corrected chi connectivity index (χ4v) is 7.80. The number of nitrogens with one attached hydrogen (secondary N) is 1. The first-order valence-corrected chi connectivity index (χ1v) is 17.3. The van der Waals surface area contributed by atoms with Crippen molar-refractivity contribution in [3.8, 4) is 28.5 Å². The highest BCUT2D eigenvalue weighted by Crippen LogP contribution is 2.40. The Kier molecular flexibility index (Phi) is 7.91. The maximum atomic E-state index is 13.8. The van der Waals surface area contributed by atoms with Gasteiger partial charge in [-0.3, -0.25) is 9.59 Å². The van der Waals surface area contributed by atoms with Crippen LogP contribution in [0.3, 0.4) is 0 Å². The molecule has 3 fully saturated rings. The molecule has 3 aliphatic rings. The van der Waals surface area contributed by atoms with Gasteiger partial charge in [0, 0.05) is 67.4 Å². The van der Waals surface area contributed by atoms with Crippen molar-refractivity contribution in [3.05, 3.63) is 65.7 Å². The Morgan fingerprint density at radius 3 is 2.57 bits per heavy atom. The van der Waals surface area contributed by atoms with Crippen LogP contribution in [0.1, 0.15) is 46.4 Å². The molecule has 3 aromatic heterocycles. The predicted molar refractivity (Wildman–Crippen MR) is 191 cm³/mol. The minimum absolute atomic E-state index is 0.00950. The lowest BCUT2D eigenvalue weighted by Crippen LogP contribution is -2.41. The van der Waals surface area contributed by atoms with Gasteiger partial charge in [0.15, 0.2) is 5.82 Å². The van der Waals surface area contributed by atoms with E-state index in [1.165, 1.54) is 12.8 Å². The molecular formula is C38H44N8O3. The molecule has 5 aromatic rings. The molecule has 2 aliphatic carbocycles. The highest BCUT2D eigenvalue weighted by molar-refractivity contribution is 6.00. The van der Waals surface area contributed by atoms with Crippen molar-refractivity contribution in [2.24, 2.45) is 24.6 Å². The summed E-state index contributed by atoms with van der Waals surface area (Å²) in [5.41, 5.74) is 12.7. The fraction of sp³-hybridized carbons (Fsp3) is 0.421. The molecule has 8 rings (SSSR count). The highest BCUT2D eigenvalue weighted by Gasteiger charge is 2.47. The molecule has 4 heterocycles. The minimum Gasteiger partial charge on any atom is -0.494 e. The summed E-state index contributed by atoms with van der Waals surface area (Å²) < 4.78 is 10.2. The predicted octanol–water partition coefficient (Wildman–Crippen LogP) is 4.53. The molecule has 3 N–H and O–H groups in total. The topological polar surface area (TPSA) is 124 Å². The van der Waals surface area contributed by atoms with E-state index >= 15 is 0 Å². The van der Waals surface area contributed by atoms with Gasteiger partial charge in [0.1, 0.15) is 16.9 Å². The molecule has 49 heavy (non-hydrogen) atoms. The minimum atomic E-state index is -0.0949. The number of imidazole rings is 1. The molecule has 2 saturated carbocycles. The van der Waals surface area contributed by atoms with E-state index in [1.54, 1.807) is 7.11 Å². The van der Waals surface area contributed by atoms with Gasteiger partial charge in [-0.25, -0.2) is 9.97 Å². The van der Waals surface area contributed by atoms with Crippen LogP contribution in [0.5, 0.6) is 5.75 Å². The second-order valence-electron chi connectivity index (χ2n) is 14.3. The Morgan fingerprint density at radius 2 is 1.86 bits per heavy atom. The Hall–Kier alpha value is -4.74. The van der Waals surface area contributed by atoms with Gasteiger partial charge in [-0.2, -0.15) is 0 Å². The van der Waals surface area contributed by atoms with Gasteiger partial charge in [-0.1, -0.05) is 12.1 Å². The normalized spacial score (nSPS) is 20.2. The maximum Gasteiger partial charge on any atom is 0.254 e. The number of amides is 2. The van der Waals surface area contributed by atoms with Crippen LogP contribution in [0.2, 0.25) is 0 Å². The number of pyridine rings is 1. The van der Waals surface area contributed by atoms with Crippen molar-refractivity contribution in [2.45, 2.75) is 44.3 Å². The number of hydrogen-bond donors (Lipinski definition) is 2. The summed E-state index contributed by atoms with van der Waals surface area (Å²) in [6, 6.07) is 17.8. The summed E-state index contributed by atoms with van der Waals surface area (Å²) in [4.78, 5) is 41.0. The van der Waals surface area contributed by atoms with Crippen molar-refractivity contribution < 1.29 is 14.3 Å². The van der Waals surface area contributed by atoms with Crippen LogP contribution in [-0.2, 0) is 13.6 Å². The zero-order chi connectivity index (χ0) is 34.0. The quantitative estimate of drug-likeness (QED) is 0.226. The Bertz CT molecular complexity index is 2090. The number of rotatable bonds is 10. The molecule has 1 aliphatic heterocycles. The highest BCUT2D eigenvalue weighted by atomic mass is 16.5. The molecule has 1 saturated heterocycles. The average Bonchev–Trinajstić information content (AvgIpc) is 3.51. The van der Waals surface area contributed by atoms with Gasteiger partial charge in [-0.15, -0.1) is 0 Å². The van der Waals surface area contributed by atoms with Crippen LogP contribution >= 0.6 is 0 Å². The van der Waals surface area contributed by atoms with Crippen LogP contribution in [0.25, 0.3) is 44.8 Å². The van der Waals surface area contributed by atoms with Gasteiger partial charge in [0.05, 0.1) is 24.0 Å². The molecule has 0 unspecified atom stereocenters. The van der Waals surface area contributed by atoms with E-state index < -0.39 is 0 Å². The van der Waals surface area contributed by atoms with E-state index in [9.17, 15) is 9.59 Å². The summed E-state index contributed by atoms with van der Waals surface area (Å²) >= 11 is 0. The van der Waals surface area contributed by atoms with E-state index in [2.05, 4.69) is 26.6 Å². The molecule has 2 aromatic carbocycles. The van der Waals surface area contributed by atoms with Crippen molar-refractivity contribution in [1.29, 1.82) is 0 Å². The summed E-state index contributed by atoms with van der Waals surface area (Å²) in [7, 11) is 7.61.